The highest BCUT2D eigenvalue weighted by Gasteiger charge is 2.24. The average Bonchev–Trinajstić information content (AvgIpc) is 2.81. The van der Waals surface area contributed by atoms with Crippen LogP contribution in [-0.4, -0.2) is 22.1 Å². The van der Waals surface area contributed by atoms with E-state index in [0.717, 1.165) is 0 Å². The van der Waals surface area contributed by atoms with Crippen LogP contribution in [0.3, 0.4) is 0 Å². The number of hydrogen-bond acceptors (Lipinski definition) is 5. The van der Waals surface area contributed by atoms with Crippen molar-refractivity contribution in [2.75, 3.05) is 5.73 Å². The summed E-state index contributed by atoms with van der Waals surface area (Å²) in [5.74, 6) is 0.0444. The van der Waals surface area contributed by atoms with Crippen LogP contribution in [0.5, 0.6) is 0 Å². The molecule has 0 fully saturated rings. The van der Waals surface area contributed by atoms with Crippen molar-refractivity contribution >= 4 is 11.8 Å². The van der Waals surface area contributed by atoms with Crippen LogP contribution < -0.4 is 11.1 Å². The van der Waals surface area contributed by atoms with Gasteiger partial charge in [-0.3, -0.25) is 9.78 Å². The predicted molar refractivity (Wildman–Crippen MR) is 75.9 cm³/mol. The zero-order valence-corrected chi connectivity index (χ0v) is 11.8. The molecule has 20 heavy (non-hydrogen) atoms. The van der Waals surface area contributed by atoms with Gasteiger partial charge in [0.25, 0.3) is 5.91 Å². The minimum absolute atomic E-state index is 0.0114. The van der Waals surface area contributed by atoms with Gasteiger partial charge in [0, 0.05) is 24.0 Å². The summed E-state index contributed by atoms with van der Waals surface area (Å²) in [5, 5.41) is 6.75. The lowest BCUT2D eigenvalue weighted by Gasteiger charge is -2.17. The number of carbonyl (C=O) groups excluding carboxylic acids is 1. The normalized spacial score (nSPS) is 12.4. The Morgan fingerprint density at radius 3 is 2.75 bits per heavy atom. The SMILES string of the molecule is CC(C)C(C)NC(=O)c1c(-c2cccnc2)noc1N. The maximum atomic E-state index is 12.3. The summed E-state index contributed by atoms with van der Waals surface area (Å²) in [6.45, 7) is 6.00. The molecular weight excluding hydrogens is 256 g/mol. The minimum atomic E-state index is -0.288. The minimum Gasteiger partial charge on any atom is -0.367 e. The van der Waals surface area contributed by atoms with E-state index in [0.29, 0.717) is 17.2 Å². The van der Waals surface area contributed by atoms with E-state index < -0.39 is 0 Å². The first kappa shape index (κ1) is 14.0. The molecule has 0 saturated carbocycles. The first-order chi connectivity index (χ1) is 9.50. The Morgan fingerprint density at radius 1 is 1.40 bits per heavy atom. The largest absolute Gasteiger partial charge is 0.367 e. The van der Waals surface area contributed by atoms with Crippen LogP contribution in [0.15, 0.2) is 29.0 Å². The second-order valence-corrected chi connectivity index (χ2v) is 5.02. The van der Waals surface area contributed by atoms with E-state index >= 15 is 0 Å². The maximum absolute atomic E-state index is 12.3. The number of carbonyl (C=O) groups is 1. The Labute approximate surface area is 117 Å². The van der Waals surface area contributed by atoms with Crippen LogP contribution >= 0.6 is 0 Å². The molecule has 0 radical (unpaired) electrons. The van der Waals surface area contributed by atoms with E-state index in [4.69, 9.17) is 10.3 Å². The van der Waals surface area contributed by atoms with Crippen LogP contribution in [0.1, 0.15) is 31.1 Å². The van der Waals surface area contributed by atoms with Gasteiger partial charge in [-0.05, 0) is 25.0 Å². The van der Waals surface area contributed by atoms with Gasteiger partial charge >= 0.3 is 0 Å². The maximum Gasteiger partial charge on any atom is 0.259 e. The number of hydrogen-bond donors (Lipinski definition) is 2. The molecule has 1 atom stereocenters. The summed E-state index contributed by atoms with van der Waals surface area (Å²) in [6.07, 6.45) is 3.26. The van der Waals surface area contributed by atoms with Gasteiger partial charge in [0.1, 0.15) is 11.3 Å². The topological polar surface area (TPSA) is 94.0 Å². The quantitative estimate of drug-likeness (QED) is 0.890. The molecule has 106 valence electrons. The first-order valence-corrected chi connectivity index (χ1v) is 6.47. The van der Waals surface area contributed by atoms with Gasteiger partial charge < -0.3 is 15.6 Å². The lowest BCUT2D eigenvalue weighted by atomic mass is 10.0. The molecule has 6 heteroatoms. The van der Waals surface area contributed by atoms with Crippen molar-refractivity contribution in [1.82, 2.24) is 15.5 Å². The molecule has 3 N–H and O–H groups in total. The summed E-state index contributed by atoms with van der Waals surface area (Å²) < 4.78 is 4.95. The smallest absolute Gasteiger partial charge is 0.259 e. The standard InChI is InChI=1S/C14H18N4O2/c1-8(2)9(3)17-14(19)11-12(18-20-13(11)15)10-5-4-6-16-7-10/h4-9H,15H2,1-3H3,(H,17,19). The second-order valence-electron chi connectivity index (χ2n) is 5.02. The third-order valence-electron chi connectivity index (χ3n) is 3.24. The Morgan fingerprint density at radius 2 is 2.15 bits per heavy atom. The number of nitrogen functional groups attached to an aromatic ring is 1. The highest BCUT2D eigenvalue weighted by molar-refractivity contribution is 6.03. The number of amides is 1. The van der Waals surface area contributed by atoms with E-state index in [9.17, 15) is 4.79 Å². The lowest BCUT2D eigenvalue weighted by Crippen LogP contribution is -2.36. The number of aromatic nitrogens is 2. The molecule has 0 bridgehead atoms. The van der Waals surface area contributed by atoms with Crippen molar-refractivity contribution in [3.63, 3.8) is 0 Å². The molecule has 0 aliphatic rings. The zero-order valence-electron chi connectivity index (χ0n) is 11.8. The molecule has 0 saturated heterocycles. The van der Waals surface area contributed by atoms with E-state index in [2.05, 4.69) is 15.5 Å². The van der Waals surface area contributed by atoms with Crippen molar-refractivity contribution < 1.29 is 9.32 Å². The summed E-state index contributed by atoms with van der Waals surface area (Å²) in [7, 11) is 0. The van der Waals surface area contributed by atoms with Crippen molar-refractivity contribution in [3.05, 3.63) is 30.1 Å². The van der Waals surface area contributed by atoms with Gasteiger partial charge in [0.15, 0.2) is 0 Å². The third kappa shape index (κ3) is 2.79. The molecule has 2 heterocycles. The highest BCUT2D eigenvalue weighted by atomic mass is 16.5. The summed E-state index contributed by atoms with van der Waals surface area (Å²) in [6, 6.07) is 3.59. The molecule has 0 spiro atoms. The Kier molecular flexibility index (Phi) is 4.02. The number of pyridine rings is 1. The molecule has 2 rings (SSSR count). The average molecular weight is 274 g/mol. The van der Waals surface area contributed by atoms with E-state index in [1.165, 1.54) is 0 Å². The van der Waals surface area contributed by atoms with E-state index in [1.54, 1.807) is 24.5 Å². The molecule has 1 unspecified atom stereocenters. The molecular formula is C14H18N4O2. The monoisotopic (exact) mass is 274 g/mol. The fraction of sp³-hybridized carbons (Fsp3) is 0.357. The van der Waals surface area contributed by atoms with Crippen molar-refractivity contribution in [2.45, 2.75) is 26.8 Å². The number of nitrogens with zero attached hydrogens (tertiary/aromatic N) is 2. The summed E-state index contributed by atoms with van der Waals surface area (Å²) >= 11 is 0. The van der Waals surface area contributed by atoms with Gasteiger partial charge in [-0.25, -0.2) is 0 Å². The van der Waals surface area contributed by atoms with Crippen molar-refractivity contribution in [3.8, 4) is 11.3 Å². The Hall–Kier alpha value is -2.37. The molecule has 2 aromatic rings. The van der Waals surface area contributed by atoms with Crippen LogP contribution in [0.4, 0.5) is 5.88 Å². The van der Waals surface area contributed by atoms with E-state index in [-0.39, 0.29) is 23.4 Å². The van der Waals surface area contributed by atoms with Crippen LogP contribution in [0, 0.1) is 5.92 Å². The molecule has 1 amide bonds. The molecule has 2 aromatic heterocycles. The van der Waals surface area contributed by atoms with Gasteiger partial charge in [-0.15, -0.1) is 0 Å². The van der Waals surface area contributed by atoms with Crippen LogP contribution in [-0.2, 0) is 0 Å². The van der Waals surface area contributed by atoms with Crippen LogP contribution in [0.2, 0.25) is 0 Å². The van der Waals surface area contributed by atoms with Gasteiger partial charge in [0.2, 0.25) is 5.88 Å². The molecule has 0 aliphatic heterocycles. The fourth-order valence-corrected chi connectivity index (χ4v) is 1.67. The first-order valence-electron chi connectivity index (χ1n) is 6.47. The number of nitrogens with two attached hydrogens (primary N) is 1. The third-order valence-corrected chi connectivity index (χ3v) is 3.24. The Bertz CT molecular complexity index is 592. The van der Waals surface area contributed by atoms with Gasteiger partial charge in [0.05, 0.1) is 0 Å². The molecule has 6 nitrogen and oxygen atoms in total. The highest BCUT2D eigenvalue weighted by Crippen LogP contribution is 2.26. The van der Waals surface area contributed by atoms with E-state index in [1.807, 2.05) is 20.8 Å². The number of anilines is 1. The van der Waals surface area contributed by atoms with Crippen LogP contribution in [0.25, 0.3) is 11.3 Å². The second kappa shape index (κ2) is 5.73. The number of nitrogens with one attached hydrogen (secondary N) is 1. The number of rotatable bonds is 4. The zero-order chi connectivity index (χ0) is 14.7. The summed E-state index contributed by atoms with van der Waals surface area (Å²) in [4.78, 5) is 16.3. The molecule has 0 aromatic carbocycles. The van der Waals surface area contributed by atoms with Gasteiger partial charge in [-0.2, -0.15) is 0 Å². The summed E-state index contributed by atoms with van der Waals surface area (Å²) in [5.41, 5.74) is 7.07. The Balaban J connectivity index is 2.33. The van der Waals surface area contributed by atoms with Gasteiger partial charge in [-0.1, -0.05) is 19.0 Å². The van der Waals surface area contributed by atoms with Crippen molar-refractivity contribution in [1.29, 1.82) is 0 Å². The molecule has 0 aliphatic carbocycles. The fourth-order valence-electron chi connectivity index (χ4n) is 1.67. The lowest BCUT2D eigenvalue weighted by molar-refractivity contribution is 0.0931. The van der Waals surface area contributed by atoms with Crippen molar-refractivity contribution in [2.24, 2.45) is 5.92 Å². The predicted octanol–water partition coefficient (Wildman–Crippen LogP) is 2.09.